The van der Waals surface area contributed by atoms with Crippen molar-refractivity contribution in [1.82, 2.24) is 20.1 Å². The van der Waals surface area contributed by atoms with Crippen molar-refractivity contribution in [3.8, 4) is 11.4 Å². The summed E-state index contributed by atoms with van der Waals surface area (Å²) in [5, 5.41) is 14.3. The van der Waals surface area contributed by atoms with Gasteiger partial charge in [-0.2, -0.15) is 0 Å². The van der Waals surface area contributed by atoms with Gasteiger partial charge in [-0.1, -0.05) is 42.1 Å². The standard InChI is InChI=1S/C18H20N4OS2/c1-12-9-15(10-24-12)17-20-21-18(22(17)3)25-11-16(23)19-13(2)14-7-5-4-6-8-14/h4-10,13H,11H2,1-3H3,(H,19,23). The molecule has 7 heteroatoms. The van der Waals surface area contributed by atoms with E-state index in [4.69, 9.17) is 0 Å². The lowest BCUT2D eigenvalue weighted by atomic mass is 10.1. The summed E-state index contributed by atoms with van der Waals surface area (Å²) in [6.07, 6.45) is 0. The third-order valence-corrected chi connectivity index (χ3v) is 5.71. The van der Waals surface area contributed by atoms with Crippen LogP contribution in [0.1, 0.15) is 23.4 Å². The Hall–Kier alpha value is -2.12. The molecule has 130 valence electrons. The van der Waals surface area contributed by atoms with Gasteiger partial charge in [0.1, 0.15) is 0 Å². The maximum atomic E-state index is 12.2. The van der Waals surface area contributed by atoms with Gasteiger partial charge in [0.15, 0.2) is 11.0 Å². The van der Waals surface area contributed by atoms with Crippen LogP contribution in [0.2, 0.25) is 0 Å². The topological polar surface area (TPSA) is 59.8 Å². The number of aryl methyl sites for hydroxylation is 1. The minimum Gasteiger partial charge on any atom is -0.349 e. The van der Waals surface area contributed by atoms with E-state index in [2.05, 4.69) is 33.9 Å². The normalized spacial score (nSPS) is 12.1. The quantitative estimate of drug-likeness (QED) is 0.668. The molecule has 0 saturated carbocycles. The molecule has 2 aromatic heterocycles. The van der Waals surface area contributed by atoms with Crippen LogP contribution in [0.5, 0.6) is 0 Å². The monoisotopic (exact) mass is 372 g/mol. The Labute approximate surface area is 155 Å². The molecule has 5 nitrogen and oxygen atoms in total. The number of hydrogen-bond acceptors (Lipinski definition) is 5. The minimum absolute atomic E-state index is 0.0156. The molecule has 1 atom stereocenters. The number of aromatic nitrogens is 3. The van der Waals surface area contributed by atoms with Crippen molar-refractivity contribution in [3.63, 3.8) is 0 Å². The first-order valence-electron chi connectivity index (χ1n) is 7.96. The molecule has 0 aliphatic carbocycles. The van der Waals surface area contributed by atoms with E-state index in [1.807, 2.05) is 48.9 Å². The van der Waals surface area contributed by atoms with Gasteiger partial charge in [0.05, 0.1) is 11.8 Å². The fourth-order valence-electron chi connectivity index (χ4n) is 2.49. The molecule has 1 aromatic carbocycles. The first-order valence-corrected chi connectivity index (χ1v) is 9.83. The summed E-state index contributed by atoms with van der Waals surface area (Å²) in [5.41, 5.74) is 2.15. The van der Waals surface area contributed by atoms with Crippen LogP contribution in [0.4, 0.5) is 0 Å². The Kier molecular flexibility index (Phi) is 5.55. The summed E-state index contributed by atoms with van der Waals surface area (Å²) in [7, 11) is 1.93. The van der Waals surface area contributed by atoms with E-state index < -0.39 is 0 Å². The summed E-state index contributed by atoms with van der Waals surface area (Å²) < 4.78 is 1.93. The van der Waals surface area contributed by atoms with Crippen molar-refractivity contribution in [2.24, 2.45) is 7.05 Å². The zero-order valence-corrected chi connectivity index (χ0v) is 16.0. The lowest BCUT2D eigenvalue weighted by Gasteiger charge is -2.13. The Morgan fingerprint density at radius 3 is 2.76 bits per heavy atom. The summed E-state index contributed by atoms with van der Waals surface area (Å²) in [4.78, 5) is 13.4. The zero-order valence-electron chi connectivity index (χ0n) is 14.4. The van der Waals surface area contributed by atoms with E-state index in [1.165, 1.54) is 16.6 Å². The number of rotatable bonds is 6. The van der Waals surface area contributed by atoms with Gasteiger partial charge < -0.3 is 9.88 Å². The van der Waals surface area contributed by atoms with Crippen LogP contribution in [0.25, 0.3) is 11.4 Å². The zero-order chi connectivity index (χ0) is 17.8. The number of nitrogens with one attached hydrogen (secondary N) is 1. The average molecular weight is 373 g/mol. The third kappa shape index (κ3) is 4.29. The first kappa shape index (κ1) is 17.7. The maximum absolute atomic E-state index is 12.2. The number of amides is 1. The van der Waals surface area contributed by atoms with Gasteiger partial charge >= 0.3 is 0 Å². The number of benzene rings is 1. The van der Waals surface area contributed by atoms with Crippen LogP contribution < -0.4 is 5.32 Å². The second-order valence-electron chi connectivity index (χ2n) is 5.80. The Bertz CT molecular complexity index is 857. The lowest BCUT2D eigenvalue weighted by Crippen LogP contribution is -2.28. The molecule has 0 saturated heterocycles. The molecule has 3 aromatic rings. The summed E-state index contributed by atoms with van der Waals surface area (Å²) in [5.74, 6) is 1.12. The van der Waals surface area contributed by atoms with Gasteiger partial charge in [-0.3, -0.25) is 4.79 Å². The van der Waals surface area contributed by atoms with E-state index in [0.717, 1.165) is 22.1 Å². The van der Waals surface area contributed by atoms with E-state index in [-0.39, 0.29) is 11.9 Å². The van der Waals surface area contributed by atoms with Crippen molar-refractivity contribution in [3.05, 3.63) is 52.2 Å². The molecule has 0 spiro atoms. The van der Waals surface area contributed by atoms with Crippen molar-refractivity contribution in [1.29, 1.82) is 0 Å². The number of hydrogen-bond donors (Lipinski definition) is 1. The molecule has 3 rings (SSSR count). The Balaban J connectivity index is 1.58. The van der Waals surface area contributed by atoms with Crippen LogP contribution in [-0.2, 0) is 11.8 Å². The van der Waals surface area contributed by atoms with Crippen molar-refractivity contribution in [2.45, 2.75) is 25.0 Å². The molecule has 1 amide bonds. The Morgan fingerprint density at radius 1 is 1.32 bits per heavy atom. The van der Waals surface area contributed by atoms with Gasteiger partial charge in [0.25, 0.3) is 0 Å². The van der Waals surface area contributed by atoms with E-state index in [0.29, 0.717) is 5.75 Å². The highest BCUT2D eigenvalue weighted by Crippen LogP contribution is 2.26. The fraction of sp³-hybridized carbons (Fsp3) is 0.278. The molecule has 0 radical (unpaired) electrons. The molecule has 0 aliphatic rings. The van der Waals surface area contributed by atoms with Gasteiger partial charge in [-0.25, -0.2) is 0 Å². The second kappa shape index (κ2) is 7.84. The van der Waals surface area contributed by atoms with Crippen LogP contribution in [0.15, 0.2) is 46.9 Å². The van der Waals surface area contributed by atoms with Gasteiger partial charge in [0, 0.05) is 22.9 Å². The molecular formula is C18H20N4OS2. The molecule has 1 N–H and O–H groups in total. The predicted molar refractivity (Wildman–Crippen MR) is 103 cm³/mol. The SMILES string of the molecule is Cc1cc(-c2nnc(SCC(=O)NC(C)c3ccccc3)n2C)cs1. The summed E-state index contributed by atoms with van der Waals surface area (Å²) in [6, 6.07) is 12.0. The summed E-state index contributed by atoms with van der Waals surface area (Å²) in [6.45, 7) is 4.05. The average Bonchev–Trinajstić information content (AvgIpc) is 3.19. The number of nitrogens with zero attached hydrogens (tertiary/aromatic N) is 3. The molecule has 25 heavy (non-hydrogen) atoms. The first-order chi connectivity index (χ1) is 12.0. The highest BCUT2D eigenvalue weighted by atomic mass is 32.2. The van der Waals surface area contributed by atoms with Crippen molar-refractivity contribution < 1.29 is 4.79 Å². The van der Waals surface area contributed by atoms with Gasteiger partial charge in [-0.05, 0) is 25.5 Å². The molecular weight excluding hydrogens is 352 g/mol. The minimum atomic E-state index is -0.0164. The maximum Gasteiger partial charge on any atom is 0.230 e. The largest absolute Gasteiger partial charge is 0.349 e. The van der Waals surface area contributed by atoms with Crippen LogP contribution >= 0.6 is 23.1 Å². The molecule has 2 heterocycles. The second-order valence-corrected chi connectivity index (χ2v) is 7.86. The molecule has 0 bridgehead atoms. The number of thioether (sulfide) groups is 1. The smallest absolute Gasteiger partial charge is 0.230 e. The van der Waals surface area contributed by atoms with Crippen molar-refractivity contribution in [2.75, 3.05) is 5.75 Å². The van der Waals surface area contributed by atoms with Crippen LogP contribution in [0, 0.1) is 6.92 Å². The van der Waals surface area contributed by atoms with Crippen LogP contribution in [-0.4, -0.2) is 26.4 Å². The number of carbonyl (C=O) groups is 1. The van der Waals surface area contributed by atoms with E-state index in [9.17, 15) is 4.79 Å². The molecule has 0 fully saturated rings. The van der Waals surface area contributed by atoms with Crippen LogP contribution in [0.3, 0.4) is 0 Å². The lowest BCUT2D eigenvalue weighted by molar-refractivity contribution is -0.119. The van der Waals surface area contributed by atoms with Gasteiger partial charge in [-0.15, -0.1) is 21.5 Å². The number of carbonyl (C=O) groups excluding carboxylic acids is 1. The molecule has 1 unspecified atom stereocenters. The van der Waals surface area contributed by atoms with Crippen molar-refractivity contribution >= 4 is 29.0 Å². The molecule has 0 aliphatic heterocycles. The number of thiophene rings is 1. The van der Waals surface area contributed by atoms with Gasteiger partial charge in [0.2, 0.25) is 5.91 Å². The summed E-state index contributed by atoms with van der Waals surface area (Å²) >= 11 is 3.08. The fourth-order valence-corrected chi connectivity index (χ4v) is 3.89. The highest BCUT2D eigenvalue weighted by molar-refractivity contribution is 7.99. The third-order valence-electron chi connectivity index (χ3n) is 3.83. The Morgan fingerprint density at radius 2 is 2.08 bits per heavy atom. The predicted octanol–water partition coefficient (Wildman–Crippen LogP) is 3.82. The highest BCUT2D eigenvalue weighted by Gasteiger charge is 2.15. The van der Waals surface area contributed by atoms with E-state index >= 15 is 0 Å². The van der Waals surface area contributed by atoms with E-state index in [1.54, 1.807) is 11.3 Å².